The maximum absolute atomic E-state index is 4.92. The third-order valence-electron chi connectivity index (χ3n) is 6.56. The molecule has 2 heterocycles. The van der Waals surface area contributed by atoms with Gasteiger partial charge in [0.25, 0.3) is 0 Å². The predicted octanol–water partition coefficient (Wildman–Crippen LogP) is 8.42. The molecule has 0 spiro atoms. The Bertz CT molecular complexity index is 1500. The lowest BCUT2D eigenvalue weighted by atomic mass is 9.82. The summed E-state index contributed by atoms with van der Waals surface area (Å²) in [5.41, 5.74) is 5.22. The topological polar surface area (TPSA) is 12.9 Å². The number of hydrogen-bond acceptors (Lipinski definition) is 2. The number of nitrogens with zero attached hydrogens (tertiary/aromatic N) is 1. The van der Waals surface area contributed by atoms with Gasteiger partial charge in [-0.1, -0.05) is 82.0 Å². The number of benzene rings is 3. The first kappa shape index (κ1) is 21.4. The van der Waals surface area contributed by atoms with Crippen molar-refractivity contribution in [3.63, 3.8) is 0 Å². The minimum absolute atomic E-state index is 0.0620. The Labute approximate surface area is 196 Å². The third kappa shape index (κ3) is 3.39. The van der Waals surface area contributed by atoms with Gasteiger partial charge in [0.05, 0.1) is 18.5 Å². The molecule has 0 aliphatic heterocycles. The number of thiophene rings is 1. The molecule has 0 N–H and O–H groups in total. The van der Waals surface area contributed by atoms with Crippen molar-refractivity contribution < 1.29 is 0 Å². The predicted molar refractivity (Wildman–Crippen MR) is 146 cm³/mol. The van der Waals surface area contributed by atoms with E-state index in [1.807, 2.05) is 17.5 Å². The summed E-state index contributed by atoms with van der Waals surface area (Å²) in [6.07, 6.45) is 1.98. The first-order chi connectivity index (χ1) is 15.1. The lowest BCUT2D eigenvalue weighted by Crippen LogP contribution is -2.39. The number of aromatic nitrogens is 1. The van der Waals surface area contributed by atoms with Gasteiger partial charge < -0.3 is 0 Å². The van der Waals surface area contributed by atoms with E-state index < -0.39 is 8.07 Å². The number of hydrogen-bond donors (Lipinski definition) is 0. The van der Waals surface area contributed by atoms with E-state index in [0.717, 1.165) is 5.69 Å². The molecule has 0 saturated carbocycles. The lowest BCUT2D eigenvalue weighted by Gasteiger charge is -2.22. The molecular weight excluding hydrogens is 422 g/mol. The molecule has 3 heteroatoms. The molecule has 2 aromatic heterocycles. The van der Waals surface area contributed by atoms with Gasteiger partial charge in [-0.25, -0.2) is 0 Å². The van der Waals surface area contributed by atoms with Crippen LogP contribution in [0.1, 0.15) is 31.9 Å². The molecular formula is C29H31NSSi. The Morgan fingerprint density at radius 1 is 0.812 bits per heavy atom. The summed E-state index contributed by atoms with van der Waals surface area (Å²) in [5.74, 6) is 0. The molecule has 0 saturated heterocycles. The maximum Gasteiger partial charge on any atom is 0.0880 e. The summed E-state index contributed by atoms with van der Waals surface area (Å²) in [6.45, 7) is 16.5. The van der Waals surface area contributed by atoms with E-state index in [0.29, 0.717) is 0 Å². The molecule has 1 nitrogen and oxygen atoms in total. The normalized spacial score (nSPS) is 12.8. The van der Waals surface area contributed by atoms with Crippen LogP contribution in [0.25, 0.3) is 42.2 Å². The van der Waals surface area contributed by atoms with Gasteiger partial charge >= 0.3 is 0 Å². The van der Waals surface area contributed by atoms with E-state index in [1.54, 1.807) is 5.19 Å². The van der Waals surface area contributed by atoms with Gasteiger partial charge in [0.1, 0.15) is 0 Å². The number of rotatable bonds is 2. The van der Waals surface area contributed by atoms with Crippen LogP contribution in [0, 0.1) is 6.92 Å². The van der Waals surface area contributed by atoms with E-state index >= 15 is 0 Å². The van der Waals surface area contributed by atoms with E-state index in [2.05, 4.69) is 102 Å². The molecule has 0 amide bonds. The van der Waals surface area contributed by atoms with Gasteiger partial charge in [0.15, 0.2) is 0 Å². The molecule has 0 fully saturated rings. The summed E-state index contributed by atoms with van der Waals surface area (Å²) in [4.78, 5) is 4.92. The summed E-state index contributed by atoms with van der Waals surface area (Å²) < 4.78 is 2.72. The number of fused-ring (bicyclic) bond motifs is 4. The Kier molecular flexibility index (Phi) is 4.85. The van der Waals surface area contributed by atoms with Crippen LogP contribution in [0.15, 0.2) is 60.8 Å². The monoisotopic (exact) mass is 453 g/mol. The van der Waals surface area contributed by atoms with Crippen LogP contribution in [-0.4, -0.2) is 13.1 Å². The smallest absolute Gasteiger partial charge is 0.0880 e. The molecule has 162 valence electrons. The average molecular weight is 454 g/mol. The van der Waals surface area contributed by atoms with Crippen molar-refractivity contribution in [3.8, 4) is 11.3 Å². The highest BCUT2D eigenvalue weighted by Gasteiger charge is 2.23. The molecule has 3 aromatic carbocycles. The molecule has 0 aliphatic rings. The van der Waals surface area contributed by atoms with E-state index in [-0.39, 0.29) is 5.41 Å². The standard InChI is InChI=1S/C29H31NSSi/c1-18-25(32(5,6)7)13-12-22-23-14-15-30-26(28(23)31-27(18)22)20-16-19-10-8-9-11-21(19)24(17-20)29(2,3)4/h8-17H,1-7H3. The zero-order valence-electron chi connectivity index (χ0n) is 20.1. The van der Waals surface area contributed by atoms with E-state index in [9.17, 15) is 0 Å². The van der Waals surface area contributed by atoms with Gasteiger partial charge in [0, 0.05) is 27.2 Å². The third-order valence-corrected chi connectivity index (χ3v) is 10.1. The Morgan fingerprint density at radius 2 is 1.53 bits per heavy atom. The zero-order chi connectivity index (χ0) is 22.8. The van der Waals surface area contributed by atoms with Crippen molar-refractivity contribution in [3.05, 3.63) is 71.9 Å². The van der Waals surface area contributed by atoms with E-state index in [1.165, 1.54) is 47.6 Å². The molecule has 0 atom stereocenters. The highest BCUT2D eigenvalue weighted by atomic mass is 32.1. The van der Waals surface area contributed by atoms with Crippen molar-refractivity contribution in [2.24, 2.45) is 0 Å². The van der Waals surface area contributed by atoms with Crippen LogP contribution >= 0.6 is 11.3 Å². The average Bonchev–Trinajstić information content (AvgIpc) is 3.11. The molecule has 0 bridgehead atoms. The number of aryl methyl sites for hydroxylation is 1. The van der Waals surface area contributed by atoms with Crippen LogP contribution < -0.4 is 5.19 Å². The van der Waals surface area contributed by atoms with Crippen molar-refractivity contribution in [2.75, 3.05) is 0 Å². The van der Waals surface area contributed by atoms with Gasteiger partial charge in [-0.2, -0.15) is 0 Å². The van der Waals surface area contributed by atoms with Gasteiger partial charge in [-0.15, -0.1) is 11.3 Å². The van der Waals surface area contributed by atoms with Gasteiger partial charge in [-0.3, -0.25) is 4.98 Å². The SMILES string of the molecule is Cc1c([Si](C)(C)C)ccc2c1sc1c(-c3cc(C(C)(C)C)c4ccccc4c3)nccc12. The Morgan fingerprint density at radius 3 is 2.25 bits per heavy atom. The summed E-state index contributed by atoms with van der Waals surface area (Å²) >= 11 is 1.92. The van der Waals surface area contributed by atoms with Crippen LogP contribution in [0.3, 0.4) is 0 Å². The second kappa shape index (κ2) is 7.26. The largest absolute Gasteiger partial charge is 0.255 e. The fraction of sp³-hybridized carbons (Fsp3) is 0.276. The zero-order valence-corrected chi connectivity index (χ0v) is 21.9. The molecule has 0 aliphatic carbocycles. The first-order valence-electron chi connectivity index (χ1n) is 11.4. The summed E-state index contributed by atoms with van der Waals surface area (Å²) in [7, 11) is -1.39. The highest BCUT2D eigenvalue weighted by molar-refractivity contribution is 7.26. The second-order valence-corrected chi connectivity index (χ2v) is 17.1. The molecule has 0 radical (unpaired) electrons. The molecule has 0 unspecified atom stereocenters. The minimum atomic E-state index is -1.39. The van der Waals surface area contributed by atoms with Crippen LogP contribution in [-0.2, 0) is 5.41 Å². The van der Waals surface area contributed by atoms with Gasteiger partial charge in [0.2, 0.25) is 0 Å². The highest BCUT2D eigenvalue weighted by Crippen LogP contribution is 2.42. The first-order valence-corrected chi connectivity index (χ1v) is 15.7. The summed E-state index contributed by atoms with van der Waals surface area (Å²) in [6, 6.07) is 20.3. The van der Waals surface area contributed by atoms with Crippen molar-refractivity contribution in [1.82, 2.24) is 4.98 Å². The van der Waals surface area contributed by atoms with Gasteiger partial charge in [-0.05, 0) is 52.4 Å². The Balaban J connectivity index is 1.83. The van der Waals surface area contributed by atoms with Crippen LogP contribution in [0.2, 0.25) is 19.6 Å². The molecule has 5 rings (SSSR count). The summed E-state index contributed by atoms with van der Waals surface area (Å²) in [5, 5.41) is 6.87. The van der Waals surface area contributed by atoms with Crippen LogP contribution in [0.4, 0.5) is 0 Å². The number of pyridine rings is 1. The molecule has 32 heavy (non-hydrogen) atoms. The fourth-order valence-corrected chi connectivity index (χ4v) is 8.22. The van der Waals surface area contributed by atoms with Crippen molar-refractivity contribution >= 4 is 55.5 Å². The van der Waals surface area contributed by atoms with Crippen molar-refractivity contribution in [2.45, 2.75) is 52.8 Å². The second-order valence-electron chi connectivity index (χ2n) is 11.0. The fourth-order valence-electron chi connectivity index (χ4n) is 4.99. The minimum Gasteiger partial charge on any atom is -0.255 e. The molecule has 5 aromatic rings. The van der Waals surface area contributed by atoms with Crippen molar-refractivity contribution in [1.29, 1.82) is 0 Å². The maximum atomic E-state index is 4.92. The van der Waals surface area contributed by atoms with E-state index in [4.69, 9.17) is 4.98 Å². The Hall–Kier alpha value is -2.49. The quantitative estimate of drug-likeness (QED) is 0.244. The lowest BCUT2D eigenvalue weighted by molar-refractivity contribution is 0.596. The van der Waals surface area contributed by atoms with Crippen LogP contribution in [0.5, 0.6) is 0 Å².